The fourth-order valence-corrected chi connectivity index (χ4v) is 3.49. The SMILES string of the molecule is Cc1cccc(CSc2ncc(Cl)c(C(=O)Nc3ccccc3C(F)(F)F)n2)c1. The Morgan fingerprint density at radius 3 is 2.66 bits per heavy atom. The van der Waals surface area contributed by atoms with E-state index in [2.05, 4.69) is 15.3 Å². The molecule has 1 N–H and O–H groups in total. The van der Waals surface area contributed by atoms with Gasteiger partial charge in [0.25, 0.3) is 5.91 Å². The van der Waals surface area contributed by atoms with Gasteiger partial charge in [0.2, 0.25) is 0 Å². The molecular weight excluding hydrogens is 423 g/mol. The van der Waals surface area contributed by atoms with E-state index in [1.54, 1.807) is 0 Å². The van der Waals surface area contributed by atoms with Gasteiger partial charge in [-0.2, -0.15) is 13.2 Å². The molecule has 0 atom stereocenters. The smallest absolute Gasteiger partial charge is 0.320 e. The summed E-state index contributed by atoms with van der Waals surface area (Å²) in [5.74, 6) is -0.270. The van der Waals surface area contributed by atoms with Gasteiger partial charge in [0.05, 0.1) is 22.5 Å². The average Bonchev–Trinajstić information content (AvgIpc) is 2.67. The zero-order valence-electron chi connectivity index (χ0n) is 15.1. The van der Waals surface area contributed by atoms with E-state index in [0.717, 1.165) is 17.2 Å². The largest absolute Gasteiger partial charge is 0.418 e. The molecule has 0 saturated carbocycles. The number of aromatic nitrogens is 2. The molecule has 1 aromatic heterocycles. The van der Waals surface area contributed by atoms with Crippen molar-refractivity contribution in [2.75, 3.05) is 5.32 Å². The minimum Gasteiger partial charge on any atom is -0.320 e. The highest BCUT2D eigenvalue weighted by molar-refractivity contribution is 7.98. The van der Waals surface area contributed by atoms with Crippen molar-refractivity contribution in [1.29, 1.82) is 0 Å². The standard InChI is InChI=1S/C20H15ClF3N3OS/c1-12-5-4-6-13(9-12)11-29-19-25-10-15(21)17(27-19)18(28)26-16-8-3-2-7-14(16)20(22,23)24/h2-10H,11H2,1H3,(H,26,28). The molecule has 0 unspecified atom stereocenters. The Bertz CT molecular complexity index is 1040. The molecule has 1 amide bonds. The first kappa shape index (κ1) is 21.1. The molecule has 4 nitrogen and oxygen atoms in total. The van der Waals surface area contributed by atoms with Crippen LogP contribution in [-0.4, -0.2) is 15.9 Å². The number of para-hydroxylation sites is 1. The van der Waals surface area contributed by atoms with Gasteiger partial charge in [0.15, 0.2) is 10.9 Å². The van der Waals surface area contributed by atoms with Crippen LogP contribution in [0.15, 0.2) is 59.9 Å². The first-order chi connectivity index (χ1) is 13.7. The molecule has 3 rings (SSSR count). The molecule has 0 radical (unpaired) electrons. The van der Waals surface area contributed by atoms with Crippen LogP contribution in [0.4, 0.5) is 18.9 Å². The summed E-state index contributed by atoms with van der Waals surface area (Å²) in [6.07, 6.45) is -3.34. The summed E-state index contributed by atoms with van der Waals surface area (Å²) in [7, 11) is 0. The van der Waals surface area contributed by atoms with Crippen LogP contribution >= 0.6 is 23.4 Å². The number of carbonyl (C=O) groups excluding carboxylic acids is 1. The number of benzene rings is 2. The molecule has 1 heterocycles. The highest BCUT2D eigenvalue weighted by Gasteiger charge is 2.33. The number of alkyl halides is 3. The molecule has 150 valence electrons. The lowest BCUT2D eigenvalue weighted by molar-refractivity contribution is -0.136. The van der Waals surface area contributed by atoms with E-state index in [4.69, 9.17) is 11.6 Å². The van der Waals surface area contributed by atoms with Crippen molar-refractivity contribution in [3.63, 3.8) is 0 Å². The molecular formula is C20H15ClF3N3OS. The van der Waals surface area contributed by atoms with E-state index in [1.165, 1.54) is 36.2 Å². The number of hydrogen-bond acceptors (Lipinski definition) is 4. The number of aryl methyl sites for hydroxylation is 1. The predicted octanol–water partition coefficient (Wildman–Crippen LogP) is 6.00. The van der Waals surface area contributed by atoms with Gasteiger partial charge in [-0.1, -0.05) is 65.3 Å². The molecule has 0 aliphatic heterocycles. The normalized spacial score (nSPS) is 11.3. The first-order valence-electron chi connectivity index (χ1n) is 8.42. The van der Waals surface area contributed by atoms with Crippen molar-refractivity contribution in [2.45, 2.75) is 24.0 Å². The molecule has 0 aliphatic carbocycles. The van der Waals surface area contributed by atoms with E-state index in [0.29, 0.717) is 10.9 Å². The maximum absolute atomic E-state index is 13.1. The fraction of sp³-hybridized carbons (Fsp3) is 0.150. The number of hydrogen-bond donors (Lipinski definition) is 1. The lowest BCUT2D eigenvalue weighted by atomic mass is 10.1. The summed E-state index contributed by atoms with van der Waals surface area (Å²) in [6, 6.07) is 12.6. The lowest BCUT2D eigenvalue weighted by Gasteiger charge is -2.13. The van der Waals surface area contributed by atoms with Gasteiger partial charge in [-0.25, -0.2) is 9.97 Å². The summed E-state index contributed by atoms with van der Waals surface area (Å²) in [6.45, 7) is 1.98. The molecule has 3 aromatic rings. The van der Waals surface area contributed by atoms with E-state index in [-0.39, 0.29) is 16.4 Å². The molecule has 0 bridgehead atoms. The molecule has 9 heteroatoms. The zero-order valence-corrected chi connectivity index (χ0v) is 16.7. The van der Waals surface area contributed by atoms with Gasteiger partial charge in [0.1, 0.15) is 0 Å². The van der Waals surface area contributed by atoms with Crippen molar-refractivity contribution in [2.24, 2.45) is 0 Å². The number of anilines is 1. The third-order valence-corrected chi connectivity index (χ3v) is 5.08. The van der Waals surface area contributed by atoms with Crippen LogP contribution in [0.2, 0.25) is 5.02 Å². The summed E-state index contributed by atoms with van der Waals surface area (Å²) in [5.41, 5.74) is 0.661. The Morgan fingerprint density at radius 2 is 1.93 bits per heavy atom. The second-order valence-electron chi connectivity index (χ2n) is 6.12. The second-order valence-corrected chi connectivity index (χ2v) is 7.47. The molecule has 0 fully saturated rings. The third kappa shape index (κ3) is 5.48. The van der Waals surface area contributed by atoms with Crippen molar-refractivity contribution in [3.05, 3.63) is 82.1 Å². The first-order valence-corrected chi connectivity index (χ1v) is 9.79. The van der Waals surface area contributed by atoms with E-state index in [1.807, 2.05) is 31.2 Å². The van der Waals surface area contributed by atoms with Crippen molar-refractivity contribution < 1.29 is 18.0 Å². The van der Waals surface area contributed by atoms with Gasteiger partial charge < -0.3 is 5.32 Å². The average molecular weight is 438 g/mol. The topological polar surface area (TPSA) is 54.9 Å². The molecule has 0 aliphatic rings. The van der Waals surface area contributed by atoms with Crippen LogP contribution in [-0.2, 0) is 11.9 Å². The minimum atomic E-state index is -4.60. The van der Waals surface area contributed by atoms with Crippen LogP contribution in [0.1, 0.15) is 27.2 Å². The molecule has 29 heavy (non-hydrogen) atoms. The number of halogens is 4. The molecule has 0 saturated heterocycles. The number of amides is 1. The van der Waals surface area contributed by atoms with Crippen LogP contribution in [0.5, 0.6) is 0 Å². The number of nitrogens with one attached hydrogen (secondary N) is 1. The fourth-order valence-electron chi connectivity index (χ4n) is 2.55. The maximum atomic E-state index is 13.1. The summed E-state index contributed by atoms with van der Waals surface area (Å²) in [5, 5.41) is 2.49. The predicted molar refractivity (Wildman–Crippen MR) is 107 cm³/mol. The van der Waals surface area contributed by atoms with Crippen LogP contribution in [0, 0.1) is 6.92 Å². The maximum Gasteiger partial charge on any atom is 0.418 e. The third-order valence-electron chi connectivity index (χ3n) is 3.87. The van der Waals surface area contributed by atoms with Gasteiger partial charge >= 0.3 is 6.18 Å². The van der Waals surface area contributed by atoms with Crippen LogP contribution in [0.25, 0.3) is 0 Å². The Labute approximate surface area is 174 Å². The van der Waals surface area contributed by atoms with E-state index >= 15 is 0 Å². The van der Waals surface area contributed by atoms with Gasteiger partial charge in [-0.15, -0.1) is 0 Å². The minimum absolute atomic E-state index is 0.0492. The highest BCUT2D eigenvalue weighted by atomic mass is 35.5. The quantitative estimate of drug-likeness (QED) is 0.393. The molecule has 0 spiro atoms. The Hall–Kier alpha value is -2.58. The number of carbonyl (C=O) groups is 1. The van der Waals surface area contributed by atoms with Crippen molar-refractivity contribution >= 4 is 35.0 Å². The van der Waals surface area contributed by atoms with E-state index < -0.39 is 17.6 Å². The Kier molecular flexibility index (Phi) is 6.44. The summed E-state index contributed by atoms with van der Waals surface area (Å²) in [4.78, 5) is 20.7. The summed E-state index contributed by atoms with van der Waals surface area (Å²) < 4.78 is 39.4. The number of thioether (sulfide) groups is 1. The monoisotopic (exact) mass is 437 g/mol. The van der Waals surface area contributed by atoms with Gasteiger partial charge in [0, 0.05) is 5.75 Å². The second kappa shape index (κ2) is 8.84. The number of nitrogens with zero attached hydrogens (tertiary/aromatic N) is 2. The summed E-state index contributed by atoms with van der Waals surface area (Å²) >= 11 is 7.30. The van der Waals surface area contributed by atoms with E-state index in [9.17, 15) is 18.0 Å². The lowest BCUT2D eigenvalue weighted by Crippen LogP contribution is -2.18. The Morgan fingerprint density at radius 1 is 1.17 bits per heavy atom. The Balaban J connectivity index is 1.79. The van der Waals surface area contributed by atoms with Crippen LogP contribution in [0.3, 0.4) is 0 Å². The number of rotatable bonds is 5. The zero-order chi connectivity index (χ0) is 21.0. The van der Waals surface area contributed by atoms with Crippen LogP contribution < -0.4 is 5.32 Å². The van der Waals surface area contributed by atoms with Crippen molar-refractivity contribution in [1.82, 2.24) is 9.97 Å². The van der Waals surface area contributed by atoms with Gasteiger partial charge in [-0.05, 0) is 24.6 Å². The van der Waals surface area contributed by atoms with Gasteiger partial charge in [-0.3, -0.25) is 4.79 Å². The van der Waals surface area contributed by atoms with Crippen molar-refractivity contribution in [3.8, 4) is 0 Å². The molecule has 2 aromatic carbocycles. The highest BCUT2D eigenvalue weighted by Crippen LogP contribution is 2.35.